The lowest BCUT2D eigenvalue weighted by Gasteiger charge is -2.27. The Morgan fingerprint density at radius 3 is 2.67 bits per heavy atom. The monoisotopic (exact) mass is 521 g/mol. The summed E-state index contributed by atoms with van der Waals surface area (Å²) in [7, 11) is 1.49. The number of morpholine rings is 1. The predicted molar refractivity (Wildman–Crippen MR) is 129 cm³/mol. The van der Waals surface area contributed by atoms with Crippen molar-refractivity contribution >= 4 is 40.0 Å². The first-order chi connectivity index (χ1) is 17.5. The molecule has 0 bridgehead atoms. The van der Waals surface area contributed by atoms with E-state index in [4.69, 9.17) is 25.8 Å². The molecule has 0 spiro atoms. The van der Waals surface area contributed by atoms with Gasteiger partial charge in [-0.05, 0) is 37.5 Å². The van der Waals surface area contributed by atoms with Crippen molar-refractivity contribution in [2.24, 2.45) is 0 Å². The summed E-state index contributed by atoms with van der Waals surface area (Å²) in [6, 6.07) is 6.53. The molecule has 36 heavy (non-hydrogen) atoms. The van der Waals surface area contributed by atoms with E-state index in [2.05, 4.69) is 15.3 Å². The molecule has 1 aromatic carbocycles. The molecule has 2 aromatic heterocycles. The van der Waals surface area contributed by atoms with Gasteiger partial charge >= 0.3 is 0 Å². The van der Waals surface area contributed by atoms with Crippen LogP contribution in [-0.4, -0.2) is 65.4 Å². The highest BCUT2D eigenvalue weighted by atomic mass is 35.5. The number of hydrogen-bond acceptors (Lipinski definition) is 7. The van der Waals surface area contributed by atoms with Gasteiger partial charge in [-0.3, -0.25) is 9.36 Å². The Hall–Kier alpha value is -3.02. The average Bonchev–Trinajstić information content (AvgIpc) is 3.29. The molecular formula is C24H26ClF2N5O4. The second-order valence-electron chi connectivity index (χ2n) is 8.57. The number of carbonyl (C=O) groups is 1. The number of amides is 1. The first-order valence-electron chi connectivity index (χ1n) is 11.8. The lowest BCUT2D eigenvalue weighted by atomic mass is 10.1. The molecule has 1 unspecified atom stereocenters. The third-order valence-electron chi connectivity index (χ3n) is 6.30. The van der Waals surface area contributed by atoms with Crippen LogP contribution in [0.15, 0.2) is 24.3 Å². The van der Waals surface area contributed by atoms with Crippen LogP contribution in [0, 0.1) is 0 Å². The summed E-state index contributed by atoms with van der Waals surface area (Å²) in [5, 5.41) is 3.29. The van der Waals surface area contributed by atoms with Gasteiger partial charge < -0.3 is 24.4 Å². The third kappa shape index (κ3) is 4.82. The number of aromatic nitrogens is 3. The third-order valence-corrected chi connectivity index (χ3v) is 6.49. The number of rotatable bonds is 6. The largest absolute Gasteiger partial charge is 0.495 e. The predicted octanol–water partition coefficient (Wildman–Crippen LogP) is 4.95. The van der Waals surface area contributed by atoms with Crippen molar-refractivity contribution < 1.29 is 27.8 Å². The molecule has 3 aromatic rings. The Balaban J connectivity index is 1.51. The highest BCUT2D eigenvalue weighted by molar-refractivity contribution is 6.30. The molecule has 2 fully saturated rings. The number of anilines is 2. The molecule has 12 heteroatoms. The number of hydrogen-bond donors (Lipinski definition) is 1. The maximum Gasteiger partial charge on any atom is 0.295 e. The fourth-order valence-electron chi connectivity index (χ4n) is 4.53. The second-order valence-corrected chi connectivity index (χ2v) is 8.96. The Kier molecular flexibility index (Phi) is 7.22. The van der Waals surface area contributed by atoms with Crippen LogP contribution in [0.1, 0.15) is 48.1 Å². The normalized spacial score (nSPS) is 18.6. The van der Waals surface area contributed by atoms with Crippen molar-refractivity contribution in [2.45, 2.75) is 31.9 Å². The van der Waals surface area contributed by atoms with Gasteiger partial charge in [0.2, 0.25) is 0 Å². The van der Waals surface area contributed by atoms with Crippen molar-refractivity contribution in [2.75, 3.05) is 45.3 Å². The van der Waals surface area contributed by atoms with E-state index in [0.717, 1.165) is 12.8 Å². The van der Waals surface area contributed by atoms with Crippen LogP contribution in [0.3, 0.4) is 0 Å². The Bertz CT molecular complexity index is 1260. The molecule has 5 rings (SSSR count). The van der Waals surface area contributed by atoms with E-state index in [1.807, 2.05) is 0 Å². The molecule has 0 aliphatic carbocycles. The van der Waals surface area contributed by atoms with Gasteiger partial charge in [-0.15, -0.1) is 0 Å². The van der Waals surface area contributed by atoms with Gasteiger partial charge in [0.25, 0.3) is 12.3 Å². The minimum absolute atomic E-state index is 0.112. The molecule has 2 aliphatic heterocycles. The van der Waals surface area contributed by atoms with Gasteiger partial charge in [0, 0.05) is 31.3 Å². The lowest BCUT2D eigenvalue weighted by molar-refractivity contribution is -0.0363. The van der Waals surface area contributed by atoms with E-state index in [-0.39, 0.29) is 22.2 Å². The maximum atomic E-state index is 14.0. The van der Waals surface area contributed by atoms with Crippen LogP contribution in [0.4, 0.5) is 20.2 Å². The number of carbonyl (C=O) groups excluding carboxylic acids is 1. The summed E-state index contributed by atoms with van der Waals surface area (Å²) in [5.74, 6) is -0.141. The number of imidazole rings is 1. The first kappa shape index (κ1) is 24.7. The highest BCUT2D eigenvalue weighted by Crippen LogP contribution is 2.37. The number of nitrogens with zero attached hydrogens (tertiary/aromatic N) is 4. The van der Waals surface area contributed by atoms with Gasteiger partial charge in [0.15, 0.2) is 11.5 Å². The Morgan fingerprint density at radius 2 is 1.97 bits per heavy atom. The second kappa shape index (κ2) is 10.5. The van der Waals surface area contributed by atoms with Crippen molar-refractivity contribution in [1.82, 2.24) is 19.4 Å². The van der Waals surface area contributed by atoms with Crippen LogP contribution < -0.4 is 10.1 Å². The van der Waals surface area contributed by atoms with Crippen LogP contribution >= 0.6 is 11.6 Å². The first-order valence-corrected chi connectivity index (χ1v) is 12.1. The summed E-state index contributed by atoms with van der Waals surface area (Å²) in [4.78, 5) is 23.1. The molecule has 192 valence electrons. The fraction of sp³-hybridized carbons (Fsp3) is 0.458. The van der Waals surface area contributed by atoms with Gasteiger partial charge in [0.05, 0.1) is 31.7 Å². The van der Waals surface area contributed by atoms with Crippen LogP contribution in [-0.2, 0) is 9.47 Å². The van der Waals surface area contributed by atoms with Crippen molar-refractivity contribution in [3.63, 3.8) is 0 Å². The molecule has 4 heterocycles. The summed E-state index contributed by atoms with van der Waals surface area (Å²) in [6.07, 6.45) is -1.11. The molecule has 9 nitrogen and oxygen atoms in total. The number of nitrogens with one attached hydrogen (secondary N) is 1. The number of halogens is 3. The number of pyridine rings is 1. The van der Waals surface area contributed by atoms with E-state index < -0.39 is 18.5 Å². The van der Waals surface area contributed by atoms with Crippen molar-refractivity contribution in [1.29, 1.82) is 0 Å². The fourth-order valence-corrected chi connectivity index (χ4v) is 4.72. The number of benzene rings is 1. The van der Waals surface area contributed by atoms with E-state index >= 15 is 0 Å². The van der Waals surface area contributed by atoms with Crippen molar-refractivity contribution in [3.8, 4) is 5.75 Å². The SMILES string of the molecule is COc1cc(C(=O)N2CCOCC2)ccc1Nc1cc(Cl)nc2c1nc(C(F)F)n2C1CCCCO1. The van der Waals surface area contributed by atoms with Gasteiger partial charge in [-0.2, -0.15) is 0 Å². The number of methoxy groups -OCH3 is 1. The zero-order valence-corrected chi connectivity index (χ0v) is 20.4. The van der Waals surface area contributed by atoms with Gasteiger partial charge in [0.1, 0.15) is 22.6 Å². The molecule has 1 amide bonds. The molecule has 1 N–H and O–H groups in total. The molecule has 2 aliphatic rings. The van der Waals surface area contributed by atoms with E-state index in [1.165, 1.54) is 17.7 Å². The molecule has 0 radical (unpaired) electrons. The van der Waals surface area contributed by atoms with Gasteiger partial charge in [-0.25, -0.2) is 18.7 Å². The zero-order valence-electron chi connectivity index (χ0n) is 19.7. The standard InChI is InChI=1S/C24H26ClF2N5O4/c1-34-17-12-14(24(33)31-7-10-35-11-8-31)5-6-15(17)28-16-13-18(25)29-22-20(16)30-23(21(26)27)32(22)19-4-2-3-9-36-19/h5-6,12-13,19,21H,2-4,7-11H2,1H3,(H,28,29). The minimum Gasteiger partial charge on any atom is -0.495 e. The summed E-state index contributed by atoms with van der Waals surface area (Å²) in [6.45, 7) is 2.52. The highest BCUT2D eigenvalue weighted by Gasteiger charge is 2.29. The Labute approximate surface area is 211 Å². The number of alkyl halides is 2. The van der Waals surface area contributed by atoms with Gasteiger partial charge in [-0.1, -0.05) is 11.6 Å². The van der Waals surface area contributed by atoms with Crippen LogP contribution in [0.2, 0.25) is 5.15 Å². The molecular weight excluding hydrogens is 496 g/mol. The molecule has 1 atom stereocenters. The van der Waals surface area contributed by atoms with E-state index in [9.17, 15) is 13.6 Å². The van der Waals surface area contributed by atoms with E-state index in [0.29, 0.717) is 62.0 Å². The molecule has 2 saturated heterocycles. The topological polar surface area (TPSA) is 90.7 Å². The lowest BCUT2D eigenvalue weighted by Crippen LogP contribution is -2.40. The molecule has 0 saturated carbocycles. The minimum atomic E-state index is -2.82. The van der Waals surface area contributed by atoms with Crippen LogP contribution in [0.5, 0.6) is 5.75 Å². The summed E-state index contributed by atoms with van der Waals surface area (Å²) in [5.41, 5.74) is 1.81. The van der Waals surface area contributed by atoms with Crippen LogP contribution in [0.25, 0.3) is 11.2 Å². The quantitative estimate of drug-likeness (QED) is 0.459. The maximum absolute atomic E-state index is 14.0. The Morgan fingerprint density at radius 1 is 1.17 bits per heavy atom. The van der Waals surface area contributed by atoms with Crippen molar-refractivity contribution in [3.05, 3.63) is 40.8 Å². The number of fused-ring (bicyclic) bond motifs is 1. The number of ether oxygens (including phenoxy) is 3. The summed E-state index contributed by atoms with van der Waals surface area (Å²) < 4.78 is 45.9. The van der Waals surface area contributed by atoms with E-state index in [1.54, 1.807) is 23.1 Å². The summed E-state index contributed by atoms with van der Waals surface area (Å²) >= 11 is 6.30. The average molecular weight is 522 g/mol. The zero-order chi connectivity index (χ0) is 25.2. The smallest absolute Gasteiger partial charge is 0.295 e.